The smallest absolute Gasteiger partial charge is 0.186 e. The number of benzene rings is 2. The highest BCUT2D eigenvalue weighted by Gasteiger charge is 2.17. The standard InChI is InChI=1S/C25H23BN6/c1-17-6-5-9-21(29-17)25-24(19-10-11-20-22(14-19)28-13-12-27-20)30-23(31-25)16-32(26)15-18-7-3-2-4-8-18/h2-14H,15-16,26H2,1H3,(H,30,31). The summed E-state index contributed by atoms with van der Waals surface area (Å²) in [5, 5.41) is 0. The minimum Gasteiger partial charge on any atom is -0.340 e. The fraction of sp³-hybridized carbons (Fsp3) is 0.120. The fourth-order valence-corrected chi connectivity index (χ4v) is 3.89. The van der Waals surface area contributed by atoms with E-state index in [0.29, 0.717) is 6.54 Å². The third-order valence-electron chi connectivity index (χ3n) is 5.36. The summed E-state index contributed by atoms with van der Waals surface area (Å²) >= 11 is 0. The molecule has 1 N–H and O–H groups in total. The van der Waals surface area contributed by atoms with Gasteiger partial charge in [0, 0.05) is 36.7 Å². The molecule has 3 aromatic heterocycles. The quantitative estimate of drug-likeness (QED) is 0.423. The van der Waals surface area contributed by atoms with Crippen LogP contribution in [-0.4, -0.2) is 37.7 Å². The number of fused-ring (bicyclic) bond motifs is 1. The largest absolute Gasteiger partial charge is 0.340 e. The SMILES string of the molecule is BN(Cc1ccccc1)Cc1nc(-c2cccc(C)n2)c(-c2ccc3nccnc3c2)[nH]1. The maximum Gasteiger partial charge on any atom is 0.186 e. The molecule has 0 fully saturated rings. The Labute approximate surface area is 187 Å². The zero-order chi connectivity index (χ0) is 21.9. The van der Waals surface area contributed by atoms with E-state index in [9.17, 15) is 0 Å². The number of rotatable bonds is 6. The Bertz CT molecular complexity index is 1370. The Hall–Kier alpha value is -3.84. The predicted octanol–water partition coefficient (Wildman–Crippen LogP) is 3.94. The van der Waals surface area contributed by atoms with E-state index >= 15 is 0 Å². The van der Waals surface area contributed by atoms with Crippen LogP contribution in [0.1, 0.15) is 17.1 Å². The first-order valence-corrected chi connectivity index (χ1v) is 10.6. The minimum atomic E-state index is 0.696. The van der Waals surface area contributed by atoms with Gasteiger partial charge in [-0.25, -0.2) is 4.98 Å². The lowest BCUT2D eigenvalue weighted by Gasteiger charge is -2.15. The second-order valence-corrected chi connectivity index (χ2v) is 7.99. The van der Waals surface area contributed by atoms with Crippen molar-refractivity contribution in [2.75, 3.05) is 0 Å². The Kier molecular flexibility index (Phi) is 5.48. The van der Waals surface area contributed by atoms with Crippen LogP contribution < -0.4 is 0 Å². The summed E-state index contributed by atoms with van der Waals surface area (Å²) in [6.07, 6.45) is 3.42. The Morgan fingerprint density at radius 2 is 1.66 bits per heavy atom. The van der Waals surface area contributed by atoms with Gasteiger partial charge in [-0.1, -0.05) is 42.5 Å². The molecule has 3 heterocycles. The third kappa shape index (κ3) is 4.29. The van der Waals surface area contributed by atoms with E-state index in [1.54, 1.807) is 12.4 Å². The van der Waals surface area contributed by atoms with Crippen molar-refractivity contribution in [1.82, 2.24) is 29.7 Å². The van der Waals surface area contributed by atoms with Crippen molar-refractivity contribution in [1.29, 1.82) is 0 Å². The van der Waals surface area contributed by atoms with Crippen LogP contribution in [0.5, 0.6) is 0 Å². The van der Waals surface area contributed by atoms with E-state index in [1.165, 1.54) is 5.56 Å². The molecule has 0 amide bonds. The van der Waals surface area contributed by atoms with Crippen LogP contribution in [0.3, 0.4) is 0 Å². The van der Waals surface area contributed by atoms with Crippen molar-refractivity contribution in [3.8, 4) is 22.6 Å². The van der Waals surface area contributed by atoms with Crippen molar-refractivity contribution < 1.29 is 0 Å². The molecule has 0 saturated carbocycles. The molecule has 0 radical (unpaired) electrons. The number of aromatic amines is 1. The molecule has 5 aromatic rings. The zero-order valence-corrected chi connectivity index (χ0v) is 18.2. The molecule has 0 aliphatic carbocycles. The lowest BCUT2D eigenvalue weighted by atomic mass is 10.1. The number of H-pyrrole nitrogens is 1. The van der Waals surface area contributed by atoms with Crippen LogP contribution in [-0.2, 0) is 13.1 Å². The van der Waals surface area contributed by atoms with Gasteiger partial charge < -0.3 is 9.79 Å². The van der Waals surface area contributed by atoms with E-state index in [1.807, 2.05) is 43.3 Å². The van der Waals surface area contributed by atoms with Crippen molar-refractivity contribution in [3.63, 3.8) is 0 Å². The van der Waals surface area contributed by atoms with E-state index in [4.69, 9.17) is 9.97 Å². The summed E-state index contributed by atoms with van der Waals surface area (Å²) in [6.45, 7) is 3.54. The highest BCUT2D eigenvalue weighted by molar-refractivity contribution is 6.04. The molecule has 0 aliphatic heterocycles. The highest BCUT2D eigenvalue weighted by atomic mass is 15.1. The summed E-state index contributed by atoms with van der Waals surface area (Å²) in [7, 11) is 2.10. The average molecular weight is 418 g/mol. The summed E-state index contributed by atoms with van der Waals surface area (Å²) in [5.74, 6) is 0.899. The zero-order valence-electron chi connectivity index (χ0n) is 18.2. The van der Waals surface area contributed by atoms with Crippen molar-refractivity contribution in [3.05, 3.63) is 96.2 Å². The van der Waals surface area contributed by atoms with Gasteiger partial charge in [0.15, 0.2) is 7.98 Å². The van der Waals surface area contributed by atoms with E-state index in [0.717, 1.165) is 51.7 Å². The van der Waals surface area contributed by atoms with Gasteiger partial charge in [0.2, 0.25) is 0 Å². The number of nitrogens with one attached hydrogen (secondary N) is 1. The van der Waals surface area contributed by atoms with Crippen molar-refractivity contribution in [2.24, 2.45) is 0 Å². The maximum absolute atomic E-state index is 4.96. The number of aryl methyl sites for hydroxylation is 1. The maximum atomic E-state index is 4.96. The Morgan fingerprint density at radius 1 is 0.844 bits per heavy atom. The van der Waals surface area contributed by atoms with Gasteiger partial charge in [0.25, 0.3) is 0 Å². The number of hydrogen-bond donors (Lipinski definition) is 1. The predicted molar refractivity (Wildman–Crippen MR) is 129 cm³/mol. The molecule has 7 heteroatoms. The molecule has 0 atom stereocenters. The second-order valence-electron chi connectivity index (χ2n) is 7.99. The van der Waals surface area contributed by atoms with Crippen molar-refractivity contribution in [2.45, 2.75) is 20.0 Å². The van der Waals surface area contributed by atoms with Crippen molar-refractivity contribution >= 4 is 19.0 Å². The van der Waals surface area contributed by atoms with Crippen LogP contribution in [0.4, 0.5) is 0 Å². The van der Waals surface area contributed by atoms with Gasteiger partial charge in [-0.2, -0.15) is 0 Å². The summed E-state index contributed by atoms with van der Waals surface area (Å²) in [6, 6.07) is 22.6. The molecule has 32 heavy (non-hydrogen) atoms. The number of nitrogens with zero attached hydrogens (tertiary/aromatic N) is 5. The van der Waals surface area contributed by atoms with Gasteiger partial charge in [0.1, 0.15) is 11.5 Å². The monoisotopic (exact) mass is 418 g/mol. The summed E-state index contributed by atoms with van der Waals surface area (Å²) in [4.78, 5) is 24.3. The van der Waals surface area contributed by atoms with Gasteiger partial charge in [-0.3, -0.25) is 15.0 Å². The van der Waals surface area contributed by atoms with Crippen LogP contribution in [0.25, 0.3) is 33.7 Å². The molecule has 5 rings (SSSR count). The molecular formula is C25H23BN6. The minimum absolute atomic E-state index is 0.696. The van der Waals surface area contributed by atoms with Gasteiger partial charge >= 0.3 is 0 Å². The molecule has 2 aromatic carbocycles. The van der Waals surface area contributed by atoms with Crippen LogP contribution in [0.15, 0.2) is 79.1 Å². The van der Waals surface area contributed by atoms with Gasteiger partial charge in [-0.15, -0.1) is 0 Å². The molecule has 156 valence electrons. The first-order chi connectivity index (χ1) is 15.7. The first kappa shape index (κ1) is 20.1. The number of aromatic nitrogens is 5. The Morgan fingerprint density at radius 3 is 2.47 bits per heavy atom. The van der Waals surface area contributed by atoms with Crippen LogP contribution >= 0.6 is 0 Å². The first-order valence-electron chi connectivity index (χ1n) is 10.6. The number of hydrogen-bond acceptors (Lipinski definition) is 5. The number of pyridine rings is 1. The average Bonchev–Trinajstić information content (AvgIpc) is 3.23. The molecule has 0 saturated heterocycles. The van der Waals surface area contributed by atoms with Gasteiger partial charge in [0.05, 0.1) is 22.4 Å². The van der Waals surface area contributed by atoms with Crippen LogP contribution in [0, 0.1) is 6.92 Å². The molecule has 0 bridgehead atoms. The summed E-state index contributed by atoms with van der Waals surface area (Å²) < 4.78 is 0. The molecule has 0 spiro atoms. The third-order valence-corrected chi connectivity index (χ3v) is 5.36. The molecule has 0 unspecified atom stereocenters. The van der Waals surface area contributed by atoms with Crippen LogP contribution in [0.2, 0.25) is 0 Å². The van der Waals surface area contributed by atoms with Gasteiger partial charge in [-0.05, 0) is 36.8 Å². The Balaban J connectivity index is 1.53. The normalized spacial score (nSPS) is 11.3. The molecular weight excluding hydrogens is 395 g/mol. The highest BCUT2D eigenvalue weighted by Crippen LogP contribution is 2.31. The number of imidazole rings is 1. The van der Waals surface area contributed by atoms with E-state index < -0.39 is 0 Å². The lowest BCUT2D eigenvalue weighted by Crippen LogP contribution is -2.19. The fourth-order valence-electron chi connectivity index (χ4n) is 3.89. The van der Waals surface area contributed by atoms with E-state index in [-0.39, 0.29) is 0 Å². The topological polar surface area (TPSA) is 70.6 Å². The summed E-state index contributed by atoms with van der Waals surface area (Å²) in [5.41, 5.74) is 7.62. The second kappa shape index (κ2) is 8.73. The molecule has 6 nitrogen and oxygen atoms in total. The molecule has 0 aliphatic rings. The lowest BCUT2D eigenvalue weighted by molar-refractivity contribution is 0.432. The van der Waals surface area contributed by atoms with E-state index in [2.05, 4.69) is 58.1 Å².